The number of hydrogen-bond acceptors (Lipinski definition) is 15. The van der Waals surface area contributed by atoms with E-state index in [1.54, 1.807) is 13.2 Å². The van der Waals surface area contributed by atoms with Gasteiger partial charge in [-0.15, -0.1) is 0 Å². The number of aliphatic hydroxyl groups is 8. The van der Waals surface area contributed by atoms with Crippen LogP contribution in [0.25, 0.3) is 0 Å². The van der Waals surface area contributed by atoms with Gasteiger partial charge in [0.25, 0.3) is 0 Å². The van der Waals surface area contributed by atoms with Gasteiger partial charge in [0.2, 0.25) is 0 Å². The van der Waals surface area contributed by atoms with E-state index in [2.05, 4.69) is 6.92 Å². The molecule has 6 fully saturated rings. The lowest BCUT2D eigenvalue weighted by Gasteiger charge is -2.65. The van der Waals surface area contributed by atoms with Crippen LogP contribution in [0.3, 0.4) is 0 Å². The van der Waals surface area contributed by atoms with Crippen molar-refractivity contribution >= 4 is 12.3 Å². The van der Waals surface area contributed by atoms with Gasteiger partial charge in [0, 0.05) is 11.8 Å². The molecule has 0 radical (unpaired) electrons. The van der Waals surface area contributed by atoms with Crippen LogP contribution in [-0.4, -0.2) is 138 Å². The minimum atomic E-state index is -1.71. The first kappa shape index (κ1) is 36.7. The van der Waals surface area contributed by atoms with Crippen molar-refractivity contribution in [3.05, 3.63) is 11.8 Å². The van der Waals surface area contributed by atoms with E-state index in [9.17, 15) is 50.4 Å². The SMILES string of the molecule is CC1OC(OC2CCC3(C=O)C4CCC5(C)C(C6=COC(=O)C6)CCC5(O)C4CCC3(O)C2)C(O)C(O)C1OC1OC(CO)C(O)C(O)C1O. The molecule has 4 saturated carbocycles. The van der Waals surface area contributed by atoms with E-state index in [4.69, 9.17) is 23.7 Å². The topological polar surface area (TPSA) is 242 Å². The quantitative estimate of drug-likeness (QED) is 0.0890. The van der Waals surface area contributed by atoms with Crippen molar-refractivity contribution in [2.24, 2.45) is 28.6 Å². The van der Waals surface area contributed by atoms with E-state index in [0.29, 0.717) is 38.5 Å². The number of rotatable bonds is 7. The summed E-state index contributed by atoms with van der Waals surface area (Å²) in [6, 6.07) is 0. The Balaban J connectivity index is 1.02. The maximum atomic E-state index is 13.2. The largest absolute Gasteiger partial charge is 0.434 e. The monoisotopic (exact) mass is 712 g/mol. The maximum absolute atomic E-state index is 13.2. The molecule has 15 heteroatoms. The summed E-state index contributed by atoms with van der Waals surface area (Å²) in [5, 5.41) is 87.0. The summed E-state index contributed by atoms with van der Waals surface area (Å²) >= 11 is 0. The molecule has 15 nitrogen and oxygen atoms in total. The highest BCUT2D eigenvalue weighted by Crippen LogP contribution is 2.70. The van der Waals surface area contributed by atoms with Gasteiger partial charge in [-0.1, -0.05) is 6.92 Å². The maximum Gasteiger partial charge on any atom is 0.314 e. The lowest BCUT2D eigenvalue weighted by molar-refractivity contribution is -0.361. The molecule has 0 amide bonds. The van der Waals surface area contributed by atoms with Crippen molar-refractivity contribution in [3.8, 4) is 0 Å². The molecular weight excluding hydrogens is 660 g/mol. The summed E-state index contributed by atoms with van der Waals surface area (Å²) in [5.74, 6) is -0.761. The molecule has 0 bridgehead atoms. The first-order valence-corrected chi connectivity index (χ1v) is 18.1. The highest BCUT2D eigenvalue weighted by Gasteiger charge is 2.71. The predicted molar refractivity (Wildman–Crippen MR) is 167 cm³/mol. The van der Waals surface area contributed by atoms with Gasteiger partial charge in [-0.25, -0.2) is 0 Å². The Bertz CT molecular complexity index is 1340. The second kappa shape index (κ2) is 13.1. The van der Waals surface area contributed by atoms with E-state index < -0.39 is 96.2 Å². The first-order valence-electron chi connectivity index (χ1n) is 18.1. The number of cyclic esters (lactones) is 1. The van der Waals surface area contributed by atoms with E-state index >= 15 is 0 Å². The van der Waals surface area contributed by atoms with Gasteiger partial charge in [-0.05, 0) is 81.6 Å². The second-order valence-corrected chi connectivity index (χ2v) is 16.3. The Morgan fingerprint density at radius 2 is 1.56 bits per heavy atom. The van der Waals surface area contributed by atoms with Gasteiger partial charge in [0.1, 0.15) is 49.0 Å². The van der Waals surface area contributed by atoms with Crippen molar-refractivity contribution < 1.29 is 74.1 Å². The fraction of sp³-hybridized carbons (Fsp3) is 0.886. The zero-order chi connectivity index (χ0) is 36.0. The van der Waals surface area contributed by atoms with E-state index in [0.717, 1.165) is 18.3 Å². The Morgan fingerprint density at radius 1 is 0.860 bits per heavy atom. The summed E-state index contributed by atoms with van der Waals surface area (Å²) in [6.07, 6.45) is -8.42. The third-order valence-electron chi connectivity index (χ3n) is 14.1. The summed E-state index contributed by atoms with van der Waals surface area (Å²) in [6.45, 7) is 2.98. The molecule has 0 aromatic heterocycles. The van der Waals surface area contributed by atoms with Crippen molar-refractivity contribution in [1.82, 2.24) is 0 Å². The van der Waals surface area contributed by atoms with Gasteiger partial charge in [0.15, 0.2) is 12.6 Å². The van der Waals surface area contributed by atoms with Crippen LogP contribution < -0.4 is 0 Å². The van der Waals surface area contributed by atoms with Crippen LogP contribution in [0.4, 0.5) is 0 Å². The van der Waals surface area contributed by atoms with Gasteiger partial charge < -0.3 is 69.3 Å². The molecule has 4 aliphatic carbocycles. The minimum absolute atomic E-state index is 0.00102. The number of carbonyl (C=O) groups excluding carboxylic acids is 2. The number of fused-ring (bicyclic) bond motifs is 5. The van der Waals surface area contributed by atoms with Crippen LogP contribution in [0.15, 0.2) is 11.8 Å². The van der Waals surface area contributed by atoms with Crippen LogP contribution in [0.5, 0.6) is 0 Å². The van der Waals surface area contributed by atoms with Gasteiger partial charge >= 0.3 is 5.97 Å². The zero-order valence-electron chi connectivity index (χ0n) is 28.5. The molecule has 282 valence electrons. The Hall–Kier alpha value is -1.60. The Kier molecular flexibility index (Phi) is 9.60. The molecule has 18 atom stereocenters. The highest BCUT2D eigenvalue weighted by molar-refractivity contribution is 5.76. The molecule has 0 spiro atoms. The average molecular weight is 713 g/mol. The number of aliphatic hydroxyl groups excluding tert-OH is 6. The van der Waals surface area contributed by atoms with Crippen LogP contribution in [0.2, 0.25) is 0 Å². The van der Waals surface area contributed by atoms with Crippen molar-refractivity contribution in [3.63, 3.8) is 0 Å². The lowest BCUT2D eigenvalue weighted by Crippen LogP contribution is -2.69. The molecule has 18 unspecified atom stereocenters. The van der Waals surface area contributed by atoms with Gasteiger partial charge in [-0.3, -0.25) is 4.79 Å². The molecule has 3 aliphatic heterocycles. The number of ether oxygens (including phenoxy) is 5. The van der Waals surface area contributed by atoms with Crippen molar-refractivity contribution in [2.45, 2.75) is 157 Å². The summed E-state index contributed by atoms with van der Waals surface area (Å²) in [4.78, 5) is 25.1. The molecule has 2 saturated heterocycles. The number of hydrogen-bond donors (Lipinski definition) is 8. The molecule has 0 aromatic carbocycles. The summed E-state index contributed by atoms with van der Waals surface area (Å²) in [7, 11) is 0. The molecule has 8 N–H and O–H groups in total. The first-order chi connectivity index (χ1) is 23.6. The molecule has 50 heavy (non-hydrogen) atoms. The Labute approximate surface area is 290 Å². The summed E-state index contributed by atoms with van der Waals surface area (Å²) < 4.78 is 28.4. The van der Waals surface area contributed by atoms with Crippen LogP contribution in [-0.2, 0) is 33.3 Å². The van der Waals surface area contributed by atoms with Crippen LogP contribution >= 0.6 is 0 Å². The van der Waals surface area contributed by atoms with Crippen molar-refractivity contribution in [2.75, 3.05) is 6.61 Å². The normalized spacial score (nSPS) is 55.0. The minimum Gasteiger partial charge on any atom is -0.434 e. The number of esters is 1. The average Bonchev–Trinajstić information content (AvgIpc) is 3.64. The summed E-state index contributed by atoms with van der Waals surface area (Å²) in [5.41, 5.74) is -3.20. The zero-order valence-corrected chi connectivity index (χ0v) is 28.5. The van der Waals surface area contributed by atoms with E-state index in [1.807, 2.05) is 0 Å². The van der Waals surface area contributed by atoms with Crippen LogP contribution in [0.1, 0.15) is 78.1 Å². The third kappa shape index (κ3) is 5.37. The van der Waals surface area contributed by atoms with Gasteiger partial charge in [-0.2, -0.15) is 0 Å². The van der Waals surface area contributed by atoms with Gasteiger partial charge in [0.05, 0.1) is 48.1 Å². The highest BCUT2D eigenvalue weighted by atomic mass is 16.7. The second-order valence-electron chi connectivity index (χ2n) is 16.3. The molecule has 3 heterocycles. The molecule has 0 aromatic rings. The smallest absolute Gasteiger partial charge is 0.314 e. The lowest BCUT2D eigenvalue weighted by atomic mass is 9.41. The standard InChI is InChI=1S/C35H52O15/c1-16-29(50-31-27(42)25(40)24(39)22(13-36)49-31)26(41)28(43)30(47-16)48-18-3-8-33(15-37)20-4-7-32(2)19(17-11-23(38)46-14-17)6-10-35(32,45)21(20)5-9-34(33,44)12-18/h14-16,18-22,24-31,36,39-45H,3-13H2,1-2H3. The third-order valence-corrected chi connectivity index (χ3v) is 14.1. The Morgan fingerprint density at radius 3 is 2.24 bits per heavy atom. The molecule has 7 aliphatic rings. The number of carbonyl (C=O) groups is 2. The molecule has 7 rings (SSSR count). The number of aldehydes is 1. The van der Waals surface area contributed by atoms with E-state index in [-0.39, 0.29) is 43.0 Å². The predicted octanol–water partition coefficient (Wildman–Crippen LogP) is -1.08. The van der Waals surface area contributed by atoms with E-state index in [1.165, 1.54) is 0 Å². The van der Waals surface area contributed by atoms with Crippen molar-refractivity contribution in [1.29, 1.82) is 0 Å². The molecular formula is C35H52O15. The fourth-order valence-electron chi connectivity index (χ4n) is 11.3. The fourth-order valence-corrected chi connectivity index (χ4v) is 11.3. The van der Waals surface area contributed by atoms with Crippen LogP contribution in [0, 0.1) is 28.6 Å².